The lowest BCUT2D eigenvalue weighted by Crippen LogP contribution is -2.45. The lowest BCUT2D eigenvalue weighted by molar-refractivity contribution is 0.413. The number of rotatable bonds is 5. The van der Waals surface area contributed by atoms with Gasteiger partial charge in [0, 0.05) is 19.6 Å². The summed E-state index contributed by atoms with van der Waals surface area (Å²) >= 11 is 7.02. The van der Waals surface area contributed by atoms with E-state index in [0.717, 1.165) is 35.8 Å². The normalized spacial score (nSPS) is 15.0. The summed E-state index contributed by atoms with van der Waals surface area (Å²) in [4.78, 5) is 4.36. The van der Waals surface area contributed by atoms with Crippen LogP contribution in [-0.4, -0.2) is 53.6 Å². The predicted octanol–water partition coefficient (Wildman–Crippen LogP) is 2.98. The van der Waals surface area contributed by atoms with E-state index in [1.165, 1.54) is 4.31 Å². The minimum atomic E-state index is -3.58. The number of likely N-dealkylation sites (N-methyl/N-ethyl adjacent to an activating group) is 1. The largest absolute Gasteiger partial charge is 0.367 e. The number of benzene rings is 1. The molecule has 0 radical (unpaired) electrons. The highest BCUT2D eigenvalue weighted by atomic mass is 35.5. The standard InChI is InChI=1S/C16H20ClN3O2S2/c1-18(2)9-10-19-11-12-20(14-6-4-3-5-13(14)19)24(21,22)16-8-7-15(17)23-16/h3-8H,9-12H2,1-2H3. The van der Waals surface area contributed by atoms with Crippen LogP contribution in [0.4, 0.5) is 11.4 Å². The van der Waals surface area contributed by atoms with E-state index in [4.69, 9.17) is 11.6 Å². The van der Waals surface area contributed by atoms with Gasteiger partial charge in [0.15, 0.2) is 0 Å². The maximum absolute atomic E-state index is 13.0. The van der Waals surface area contributed by atoms with Gasteiger partial charge in [-0.05, 0) is 38.4 Å². The number of nitrogens with zero attached hydrogens (tertiary/aromatic N) is 3. The molecular formula is C16H20ClN3O2S2. The van der Waals surface area contributed by atoms with Gasteiger partial charge in [-0.25, -0.2) is 8.42 Å². The minimum Gasteiger partial charge on any atom is -0.367 e. The van der Waals surface area contributed by atoms with Crippen LogP contribution in [0.5, 0.6) is 0 Å². The molecule has 0 atom stereocenters. The van der Waals surface area contributed by atoms with Gasteiger partial charge >= 0.3 is 0 Å². The highest BCUT2D eigenvalue weighted by Gasteiger charge is 2.32. The molecule has 1 aliphatic heterocycles. The Morgan fingerprint density at radius 1 is 1.12 bits per heavy atom. The van der Waals surface area contributed by atoms with E-state index < -0.39 is 10.0 Å². The van der Waals surface area contributed by atoms with Gasteiger partial charge in [-0.1, -0.05) is 23.7 Å². The monoisotopic (exact) mass is 385 g/mol. The molecule has 0 fully saturated rings. The van der Waals surface area contributed by atoms with Crippen molar-refractivity contribution in [2.75, 3.05) is 49.5 Å². The average Bonchev–Trinajstić information content (AvgIpc) is 2.99. The molecule has 0 N–H and O–H groups in total. The third-order valence-electron chi connectivity index (χ3n) is 3.97. The number of anilines is 2. The average molecular weight is 386 g/mol. The summed E-state index contributed by atoms with van der Waals surface area (Å²) < 4.78 is 28.2. The highest BCUT2D eigenvalue weighted by Crippen LogP contribution is 2.38. The predicted molar refractivity (Wildman–Crippen MR) is 101 cm³/mol. The first kappa shape index (κ1) is 17.5. The van der Waals surface area contributed by atoms with Crippen molar-refractivity contribution >= 4 is 44.3 Å². The van der Waals surface area contributed by atoms with Crippen LogP contribution in [0.15, 0.2) is 40.6 Å². The van der Waals surface area contributed by atoms with E-state index in [1.54, 1.807) is 12.1 Å². The Hall–Kier alpha value is -1.28. The summed E-state index contributed by atoms with van der Waals surface area (Å²) in [5.41, 5.74) is 1.68. The fraction of sp³-hybridized carbons (Fsp3) is 0.375. The molecule has 5 nitrogen and oxygen atoms in total. The van der Waals surface area contributed by atoms with Gasteiger partial charge in [0.25, 0.3) is 10.0 Å². The quantitative estimate of drug-likeness (QED) is 0.793. The Morgan fingerprint density at radius 2 is 1.83 bits per heavy atom. The van der Waals surface area contributed by atoms with E-state index in [1.807, 2.05) is 38.4 Å². The molecule has 0 amide bonds. The van der Waals surface area contributed by atoms with E-state index >= 15 is 0 Å². The first-order valence-electron chi connectivity index (χ1n) is 7.66. The summed E-state index contributed by atoms with van der Waals surface area (Å²) in [5.74, 6) is 0. The number of sulfonamides is 1. The molecule has 2 heterocycles. The molecule has 1 aliphatic rings. The molecule has 2 aromatic rings. The van der Waals surface area contributed by atoms with Crippen LogP contribution >= 0.6 is 22.9 Å². The SMILES string of the molecule is CN(C)CCN1CCN(S(=O)(=O)c2ccc(Cl)s2)c2ccccc21. The van der Waals surface area contributed by atoms with Gasteiger partial charge in [-0.15, -0.1) is 11.3 Å². The maximum Gasteiger partial charge on any atom is 0.274 e. The van der Waals surface area contributed by atoms with Gasteiger partial charge in [0.05, 0.1) is 22.3 Å². The van der Waals surface area contributed by atoms with Crippen LogP contribution in [0.25, 0.3) is 0 Å². The van der Waals surface area contributed by atoms with E-state index in [2.05, 4.69) is 9.80 Å². The molecule has 0 aliphatic carbocycles. The van der Waals surface area contributed by atoms with Crippen molar-refractivity contribution in [3.63, 3.8) is 0 Å². The number of para-hydroxylation sites is 2. The molecular weight excluding hydrogens is 366 g/mol. The second-order valence-corrected chi connectivity index (χ2v) is 9.72. The minimum absolute atomic E-state index is 0.282. The topological polar surface area (TPSA) is 43.9 Å². The zero-order valence-electron chi connectivity index (χ0n) is 13.6. The molecule has 0 saturated heterocycles. The second-order valence-electron chi connectivity index (χ2n) is 5.91. The third kappa shape index (κ3) is 3.39. The van der Waals surface area contributed by atoms with Crippen LogP contribution in [0.1, 0.15) is 0 Å². The van der Waals surface area contributed by atoms with Crippen LogP contribution in [0.3, 0.4) is 0 Å². The Bertz CT molecular complexity index is 820. The van der Waals surface area contributed by atoms with E-state index in [0.29, 0.717) is 17.4 Å². The molecule has 130 valence electrons. The third-order valence-corrected chi connectivity index (χ3v) is 7.49. The van der Waals surface area contributed by atoms with Crippen LogP contribution in [-0.2, 0) is 10.0 Å². The van der Waals surface area contributed by atoms with Crippen molar-refractivity contribution < 1.29 is 8.42 Å². The fourth-order valence-electron chi connectivity index (χ4n) is 2.74. The van der Waals surface area contributed by atoms with Crippen molar-refractivity contribution in [1.82, 2.24) is 4.90 Å². The first-order valence-corrected chi connectivity index (χ1v) is 10.3. The van der Waals surface area contributed by atoms with Crippen molar-refractivity contribution in [1.29, 1.82) is 0 Å². The van der Waals surface area contributed by atoms with Gasteiger partial charge in [-0.2, -0.15) is 0 Å². The fourth-order valence-corrected chi connectivity index (χ4v) is 5.81. The zero-order valence-corrected chi connectivity index (χ0v) is 16.0. The molecule has 0 spiro atoms. The Labute approximate surface area is 152 Å². The second kappa shape index (κ2) is 6.92. The molecule has 0 bridgehead atoms. The maximum atomic E-state index is 13.0. The van der Waals surface area contributed by atoms with Crippen molar-refractivity contribution in [3.05, 3.63) is 40.7 Å². The number of thiophene rings is 1. The Morgan fingerprint density at radius 3 is 2.46 bits per heavy atom. The Balaban J connectivity index is 1.95. The molecule has 8 heteroatoms. The molecule has 1 aromatic heterocycles. The summed E-state index contributed by atoms with van der Waals surface area (Å²) in [7, 11) is 0.491. The van der Waals surface area contributed by atoms with Crippen molar-refractivity contribution in [2.45, 2.75) is 4.21 Å². The number of halogens is 1. The van der Waals surface area contributed by atoms with E-state index in [9.17, 15) is 8.42 Å². The van der Waals surface area contributed by atoms with Crippen LogP contribution in [0.2, 0.25) is 4.34 Å². The Kier molecular flexibility index (Phi) is 5.05. The number of fused-ring (bicyclic) bond motifs is 1. The van der Waals surface area contributed by atoms with Crippen molar-refractivity contribution in [2.24, 2.45) is 0 Å². The van der Waals surface area contributed by atoms with Crippen LogP contribution < -0.4 is 9.21 Å². The molecule has 1 aromatic carbocycles. The zero-order chi connectivity index (χ0) is 17.3. The summed E-state index contributed by atoms with van der Waals surface area (Å²) in [6.07, 6.45) is 0. The van der Waals surface area contributed by atoms with Gasteiger partial charge in [0.2, 0.25) is 0 Å². The molecule has 0 unspecified atom stereocenters. The summed E-state index contributed by atoms with van der Waals surface area (Å²) in [6, 6.07) is 10.9. The molecule has 24 heavy (non-hydrogen) atoms. The smallest absolute Gasteiger partial charge is 0.274 e. The molecule has 0 saturated carbocycles. The van der Waals surface area contributed by atoms with Gasteiger partial charge in [-0.3, -0.25) is 4.31 Å². The first-order chi connectivity index (χ1) is 11.4. The molecule has 3 rings (SSSR count). The van der Waals surface area contributed by atoms with Crippen molar-refractivity contribution in [3.8, 4) is 0 Å². The number of hydrogen-bond acceptors (Lipinski definition) is 5. The highest BCUT2D eigenvalue weighted by molar-refractivity contribution is 7.94. The lowest BCUT2D eigenvalue weighted by atomic mass is 10.2. The summed E-state index contributed by atoms with van der Waals surface area (Å²) in [6.45, 7) is 2.88. The lowest BCUT2D eigenvalue weighted by Gasteiger charge is -2.38. The van der Waals surface area contributed by atoms with Crippen LogP contribution in [0, 0.1) is 0 Å². The summed E-state index contributed by atoms with van der Waals surface area (Å²) in [5, 5.41) is 0. The van der Waals surface area contributed by atoms with E-state index in [-0.39, 0.29) is 4.21 Å². The van der Waals surface area contributed by atoms with Gasteiger partial charge in [0.1, 0.15) is 4.21 Å². The number of hydrogen-bond donors (Lipinski definition) is 0. The van der Waals surface area contributed by atoms with Gasteiger partial charge < -0.3 is 9.80 Å².